The monoisotopic (exact) mass is 389 g/mol. The normalized spacial score (nSPS) is 12.7. The van der Waals surface area contributed by atoms with E-state index in [1.165, 1.54) is 18.4 Å². The summed E-state index contributed by atoms with van der Waals surface area (Å²) in [7, 11) is 1.41. The van der Waals surface area contributed by atoms with Gasteiger partial charge in [0.2, 0.25) is 0 Å². The zero-order valence-corrected chi connectivity index (χ0v) is 16.5. The third kappa shape index (κ3) is 9.67. The van der Waals surface area contributed by atoms with Crippen LogP contribution in [-0.2, 0) is 9.53 Å². The zero-order chi connectivity index (χ0) is 18.5. The quantitative estimate of drug-likeness (QED) is 0.234. The molecule has 3 N–H and O–H groups in total. The van der Waals surface area contributed by atoms with Crippen LogP contribution < -0.4 is 10.6 Å². The smallest absolute Gasteiger partial charge is 0.305 e. The molecule has 0 radical (unpaired) electrons. The molecule has 0 aliphatic rings. The van der Waals surface area contributed by atoms with E-state index in [0.29, 0.717) is 16.7 Å². The third-order valence-corrected chi connectivity index (χ3v) is 4.85. The van der Waals surface area contributed by atoms with Gasteiger partial charge in [-0.05, 0) is 31.9 Å². The summed E-state index contributed by atoms with van der Waals surface area (Å²) in [6.07, 6.45) is 3.73. The number of esters is 1. The van der Waals surface area contributed by atoms with E-state index in [-0.39, 0.29) is 12.5 Å². The van der Waals surface area contributed by atoms with Gasteiger partial charge in [-0.25, -0.2) is 0 Å². The van der Waals surface area contributed by atoms with Crippen LogP contribution in [0.1, 0.15) is 50.0 Å². The first-order valence-corrected chi connectivity index (χ1v) is 9.78. The SMILES string of the molecule is CCNC(=NCC(O)c1ccc(Cl)s1)NCCCCCCC(=O)OC. The first kappa shape index (κ1) is 21.7. The predicted molar refractivity (Wildman–Crippen MR) is 103 cm³/mol. The fraction of sp³-hybridized carbons (Fsp3) is 0.647. The Hall–Kier alpha value is -1.31. The number of aliphatic hydroxyl groups excluding tert-OH is 1. The van der Waals surface area contributed by atoms with E-state index in [2.05, 4.69) is 20.4 Å². The van der Waals surface area contributed by atoms with Crippen molar-refractivity contribution >= 4 is 34.9 Å². The molecule has 0 saturated heterocycles. The molecule has 1 rings (SSSR count). The number of hydrogen-bond acceptors (Lipinski definition) is 5. The molecule has 6 nitrogen and oxygen atoms in total. The number of halogens is 1. The second kappa shape index (κ2) is 13.0. The standard InChI is InChI=1S/C17H28ClN3O3S/c1-3-19-17(20-11-7-5-4-6-8-16(23)24-2)21-12-13(22)14-9-10-15(18)25-14/h9-10,13,22H,3-8,11-12H2,1-2H3,(H2,19,20,21). The Morgan fingerprint density at radius 2 is 2.08 bits per heavy atom. The van der Waals surface area contributed by atoms with Gasteiger partial charge in [0.1, 0.15) is 6.10 Å². The lowest BCUT2D eigenvalue weighted by Gasteiger charge is -2.12. The van der Waals surface area contributed by atoms with Gasteiger partial charge in [-0.15, -0.1) is 11.3 Å². The van der Waals surface area contributed by atoms with Crippen molar-refractivity contribution in [1.29, 1.82) is 0 Å². The lowest BCUT2D eigenvalue weighted by atomic mass is 10.1. The average molecular weight is 390 g/mol. The number of aliphatic imine (C=N–C) groups is 1. The van der Waals surface area contributed by atoms with E-state index >= 15 is 0 Å². The van der Waals surface area contributed by atoms with Crippen LogP contribution in [0.5, 0.6) is 0 Å². The number of nitrogens with one attached hydrogen (secondary N) is 2. The summed E-state index contributed by atoms with van der Waals surface area (Å²) in [6, 6.07) is 3.60. The Bertz CT molecular complexity index is 537. The molecule has 8 heteroatoms. The van der Waals surface area contributed by atoms with Crippen molar-refractivity contribution in [2.75, 3.05) is 26.7 Å². The molecule has 0 aromatic carbocycles. The summed E-state index contributed by atoms with van der Waals surface area (Å²) >= 11 is 7.25. The molecule has 1 heterocycles. The number of aliphatic hydroxyl groups is 1. The van der Waals surface area contributed by atoms with E-state index < -0.39 is 6.10 Å². The number of unbranched alkanes of at least 4 members (excludes halogenated alkanes) is 3. The van der Waals surface area contributed by atoms with E-state index in [1.54, 1.807) is 6.07 Å². The Labute approximate surface area is 158 Å². The number of guanidine groups is 1. The van der Waals surface area contributed by atoms with Crippen LogP contribution >= 0.6 is 22.9 Å². The molecule has 0 spiro atoms. The van der Waals surface area contributed by atoms with Crippen molar-refractivity contribution < 1.29 is 14.6 Å². The highest BCUT2D eigenvalue weighted by Crippen LogP contribution is 2.26. The maximum absolute atomic E-state index is 11.0. The van der Waals surface area contributed by atoms with Gasteiger partial charge in [0.25, 0.3) is 0 Å². The second-order valence-corrected chi connectivity index (χ2v) is 7.29. The molecule has 0 saturated carbocycles. The largest absolute Gasteiger partial charge is 0.469 e. The summed E-state index contributed by atoms with van der Waals surface area (Å²) < 4.78 is 5.28. The van der Waals surface area contributed by atoms with Crippen LogP contribution in [0.15, 0.2) is 17.1 Å². The van der Waals surface area contributed by atoms with Gasteiger partial charge in [-0.2, -0.15) is 0 Å². The van der Waals surface area contributed by atoms with Crippen molar-refractivity contribution in [2.24, 2.45) is 4.99 Å². The highest BCUT2D eigenvalue weighted by atomic mass is 35.5. The van der Waals surface area contributed by atoms with E-state index in [1.807, 2.05) is 13.0 Å². The second-order valence-electron chi connectivity index (χ2n) is 5.54. The van der Waals surface area contributed by atoms with Crippen molar-refractivity contribution in [2.45, 2.75) is 45.1 Å². The maximum atomic E-state index is 11.0. The number of carbonyl (C=O) groups excluding carboxylic acids is 1. The van der Waals surface area contributed by atoms with Crippen LogP contribution in [0, 0.1) is 0 Å². The van der Waals surface area contributed by atoms with Gasteiger partial charge in [0.15, 0.2) is 5.96 Å². The number of rotatable bonds is 11. The fourth-order valence-corrected chi connectivity index (χ4v) is 3.21. The van der Waals surface area contributed by atoms with Crippen LogP contribution in [0.25, 0.3) is 0 Å². The number of methoxy groups -OCH3 is 1. The molecule has 0 aliphatic heterocycles. The first-order valence-electron chi connectivity index (χ1n) is 8.59. The highest BCUT2D eigenvalue weighted by Gasteiger charge is 2.10. The lowest BCUT2D eigenvalue weighted by Crippen LogP contribution is -2.38. The number of nitrogens with zero attached hydrogens (tertiary/aromatic N) is 1. The van der Waals surface area contributed by atoms with E-state index in [4.69, 9.17) is 11.6 Å². The molecule has 1 aromatic heterocycles. The van der Waals surface area contributed by atoms with E-state index in [0.717, 1.165) is 43.6 Å². The van der Waals surface area contributed by atoms with Crippen molar-refractivity contribution in [3.63, 3.8) is 0 Å². The Morgan fingerprint density at radius 1 is 1.32 bits per heavy atom. The van der Waals surface area contributed by atoms with Crippen LogP contribution in [0.2, 0.25) is 4.34 Å². The molecule has 1 aromatic rings. The summed E-state index contributed by atoms with van der Waals surface area (Å²) in [5, 5.41) is 16.6. The first-order chi connectivity index (χ1) is 12.1. The minimum atomic E-state index is -0.647. The van der Waals surface area contributed by atoms with Gasteiger partial charge in [0.05, 0.1) is 18.0 Å². The van der Waals surface area contributed by atoms with Gasteiger partial charge in [-0.3, -0.25) is 9.79 Å². The molecular weight excluding hydrogens is 362 g/mol. The molecule has 1 unspecified atom stereocenters. The van der Waals surface area contributed by atoms with Crippen molar-refractivity contribution in [1.82, 2.24) is 10.6 Å². The van der Waals surface area contributed by atoms with Crippen LogP contribution in [0.3, 0.4) is 0 Å². The Kier molecular flexibility index (Phi) is 11.3. The minimum Gasteiger partial charge on any atom is -0.469 e. The topological polar surface area (TPSA) is 83.0 Å². The van der Waals surface area contributed by atoms with E-state index in [9.17, 15) is 9.90 Å². The molecule has 0 amide bonds. The number of hydrogen-bond donors (Lipinski definition) is 3. The molecule has 0 fully saturated rings. The summed E-state index contributed by atoms with van der Waals surface area (Å²) in [6.45, 7) is 3.83. The Morgan fingerprint density at radius 3 is 2.72 bits per heavy atom. The van der Waals surface area contributed by atoms with Crippen molar-refractivity contribution in [3.8, 4) is 0 Å². The molecular formula is C17H28ClN3O3S. The summed E-state index contributed by atoms with van der Waals surface area (Å²) in [5.41, 5.74) is 0. The maximum Gasteiger partial charge on any atom is 0.305 e. The van der Waals surface area contributed by atoms with Gasteiger partial charge in [0, 0.05) is 24.4 Å². The average Bonchev–Trinajstić information content (AvgIpc) is 3.04. The summed E-state index contributed by atoms with van der Waals surface area (Å²) in [5.74, 6) is 0.545. The Balaban J connectivity index is 2.25. The number of ether oxygens (including phenoxy) is 1. The van der Waals surface area contributed by atoms with Crippen LogP contribution in [-0.4, -0.2) is 43.8 Å². The number of thiophene rings is 1. The molecule has 142 valence electrons. The van der Waals surface area contributed by atoms with Gasteiger partial charge < -0.3 is 20.5 Å². The minimum absolute atomic E-state index is 0.148. The number of carbonyl (C=O) groups is 1. The predicted octanol–water partition coefficient (Wildman–Crippen LogP) is 3.11. The summed E-state index contributed by atoms with van der Waals surface area (Å²) in [4.78, 5) is 16.2. The third-order valence-electron chi connectivity index (χ3n) is 3.52. The molecule has 25 heavy (non-hydrogen) atoms. The van der Waals surface area contributed by atoms with Gasteiger partial charge >= 0.3 is 5.97 Å². The fourth-order valence-electron chi connectivity index (χ4n) is 2.17. The van der Waals surface area contributed by atoms with Crippen molar-refractivity contribution in [3.05, 3.63) is 21.3 Å². The molecule has 0 aliphatic carbocycles. The molecule has 0 bridgehead atoms. The van der Waals surface area contributed by atoms with Crippen LogP contribution in [0.4, 0.5) is 0 Å². The zero-order valence-electron chi connectivity index (χ0n) is 14.9. The van der Waals surface area contributed by atoms with Gasteiger partial charge in [-0.1, -0.05) is 24.4 Å². The highest BCUT2D eigenvalue weighted by molar-refractivity contribution is 7.16. The molecule has 1 atom stereocenters. The lowest BCUT2D eigenvalue weighted by molar-refractivity contribution is -0.140.